The molecule has 0 saturated carbocycles. The van der Waals surface area contributed by atoms with Gasteiger partial charge in [0.2, 0.25) is 5.82 Å². The van der Waals surface area contributed by atoms with E-state index in [1.807, 2.05) is 49.3 Å². The predicted octanol–water partition coefficient (Wildman–Crippen LogP) is 0.472. The number of amides is 1. The summed E-state index contributed by atoms with van der Waals surface area (Å²) < 4.78 is 29.8. The molecule has 5 atom stereocenters. The smallest absolute Gasteiger partial charge is 0.433 e. The summed E-state index contributed by atoms with van der Waals surface area (Å²) in [5, 5.41) is 4.07. The summed E-state index contributed by atoms with van der Waals surface area (Å²) in [5.41, 5.74) is 6.08. The Morgan fingerprint density at radius 1 is 1.12 bits per heavy atom. The van der Waals surface area contributed by atoms with Crippen molar-refractivity contribution < 1.29 is 33.3 Å². The molecule has 2 saturated heterocycles. The van der Waals surface area contributed by atoms with Crippen LogP contribution >= 0.6 is 0 Å². The molecule has 2 aliphatic rings. The first-order valence-corrected chi connectivity index (χ1v) is 10.1. The number of aromatic nitrogens is 3. The number of likely N-dealkylation sites (N-methyl/N-ethyl adjacent to an activating group) is 1. The number of benzene rings is 1. The molecule has 0 radical (unpaired) electrons. The van der Waals surface area contributed by atoms with Crippen molar-refractivity contribution in [1.82, 2.24) is 19.7 Å². The molecule has 2 fully saturated rings. The number of carbonyl (C=O) groups is 2. The van der Waals surface area contributed by atoms with Gasteiger partial charge in [-0.25, -0.2) is 14.5 Å². The third-order valence-electron chi connectivity index (χ3n) is 5.03. The molecule has 1 amide bonds. The van der Waals surface area contributed by atoms with E-state index < -0.39 is 42.9 Å². The molecule has 1 aromatic heterocycles. The third-order valence-corrected chi connectivity index (χ3v) is 5.03. The average Bonchev–Trinajstić information content (AvgIpc) is 3.48. The standard InChI is InChI=1S/C20H25N5O7/c1-24(2)8-9-28-20(27)29-10-13-14-15(32-19(31-14)12-6-4-3-5-7-12)18(30-13)25-11-22-17(23-25)16(21)26/h3-7,11,13-15,18-19H,8-10H2,1-2H3,(H2,21,26)/t13-,14?,15?,18-,19?/m1/s1. The van der Waals surface area contributed by atoms with Crippen LogP contribution in [-0.4, -0.2) is 83.9 Å². The lowest BCUT2D eigenvalue weighted by molar-refractivity contribution is -0.157. The van der Waals surface area contributed by atoms with Gasteiger partial charge in [-0.1, -0.05) is 30.3 Å². The maximum absolute atomic E-state index is 11.9. The maximum Gasteiger partial charge on any atom is 0.508 e. The minimum Gasteiger partial charge on any atom is -0.433 e. The molecule has 32 heavy (non-hydrogen) atoms. The Balaban J connectivity index is 1.45. The summed E-state index contributed by atoms with van der Waals surface area (Å²) in [6.45, 7) is 0.670. The molecule has 0 aliphatic carbocycles. The van der Waals surface area contributed by atoms with E-state index in [4.69, 9.17) is 29.4 Å². The van der Waals surface area contributed by atoms with Gasteiger partial charge in [0, 0.05) is 12.1 Å². The summed E-state index contributed by atoms with van der Waals surface area (Å²) in [4.78, 5) is 29.1. The van der Waals surface area contributed by atoms with Crippen LogP contribution in [0.4, 0.5) is 4.79 Å². The van der Waals surface area contributed by atoms with Crippen LogP contribution in [0.1, 0.15) is 28.7 Å². The van der Waals surface area contributed by atoms with E-state index in [9.17, 15) is 9.59 Å². The van der Waals surface area contributed by atoms with Crippen LogP contribution in [0.3, 0.4) is 0 Å². The van der Waals surface area contributed by atoms with Gasteiger partial charge >= 0.3 is 6.16 Å². The molecule has 3 heterocycles. The third kappa shape index (κ3) is 4.88. The Morgan fingerprint density at radius 2 is 1.88 bits per heavy atom. The van der Waals surface area contributed by atoms with Crippen LogP contribution in [0.2, 0.25) is 0 Å². The molecular formula is C20H25N5O7. The summed E-state index contributed by atoms with van der Waals surface area (Å²) in [6.07, 6.45) is -2.65. The number of nitrogens with two attached hydrogens (primary N) is 1. The molecular weight excluding hydrogens is 422 g/mol. The molecule has 0 bridgehead atoms. The van der Waals surface area contributed by atoms with Gasteiger partial charge in [0.1, 0.15) is 37.9 Å². The largest absolute Gasteiger partial charge is 0.508 e. The second-order valence-electron chi connectivity index (χ2n) is 7.63. The van der Waals surface area contributed by atoms with Crippen molar-refractivity contribution in [3.05, 3.63) is 48.0 Å². The van der Waals surface area contributed by atoms with Crippen molar-refractivity contribution in [2.75, 3.05) is 33.9 Å². The number of nitrogens with zero attached hydrogens (tertiary/aromatic N) is 4. The highest BCUT2D eigenvalue weighted by Gasteiger charge is 2.54. The Labute approximate surface area is 184 Å². The van der Waals surface area contributed by atoms with Crippen LogP contribution in [0.5, 0.6) is 0 Å². The first-order chi connectivity index (χ1) is 15.4. The topological polar surface area (TPSA) is 140 Å². The molecule has 2 aliphatic heterocycles. The number of rotatable bonds is 8. The summed E-state index contributed by atoms with van der Waals surface area (Å²) in [6, 6.07) is 9.42. The normalized spacial score (nSPS) is 26.8. The maximum atomic E-state index is 11.9. The second-order valence-corrected chi connectivity index (χ2v) is 7.63. The van der Waals surface area contributed by atoms with Crippen LogP contribution in [0.15, 0.2) is 36.7 Å². The average molecular weight is 447 g/mol. The van der Waals surface area contributed by atoms with Crippen LogP contribution in [-0.2, 0) is 23.7 Å². The van der Waals surface area contributed by atoms with Crippen molar-refractivity contribution in [2.45, 2.75) is 30.8 Å². The SMILES string of the molecule is CN(C)CCOC(=O)OC[C@H]1O[C@@H](n2cnc(C(N)=O)n2)C2OC(c3ccccc3)OC21. The number of hydrogen-bond acceptors (Lipinski definition) is 10. The Hall–Kier alpha value is -3.06. The molecule has 172 valence electrons. The van der Waals surface area contributed by atoms with Gasteiger partial charge in [0.05, 0.1) is 0 Å². The van der Waals surface area contributed by atoms with E-state index in [2.05, 4.69) is 10.1 Å². The van der Waals surface area contributed by atoms with Crippen LogP contribution in [0.25, 0.3) is 0 Å². The van der Waals surface area contributed by atoms with Crippen LogP contribution in [0, 0.1) is 0 Å². The molecule has 12 heteroatoms. The summed E-state index contributed by atoms with van der Waals surface area (Å²) in [7, 11) is 3.74. The number of carbonyl (C=O) groups excluding carboxylic acids is 2. The fraction of sp³-hybridized carbons (Fsp3) is 0.500. The zero-order valence-electron chi connectivity index (χ0n) is 17.7. The quantitative estimate of drug-likeness (QED) is 0.568. The number of ether oxygens (including phenoxy) is 5. The Bertz CT molecular complexity index is 937. The molecule has 12 nitrogen and oxygen atoms in total. The highest BCUT2D eigenvalue weighted by atomic mass is 16.8. The molecule has 2 N–H and O–H groups in total. The van der Waals surface area contributed by atoms with E-state index in [1.165, 1.54) is 11.0 Å². The van der Waals surface area contributed by atoms with Gasteiger partial charge in [-0.15, -0.1) is 5.10 Å². The number of fused-ring (bicyclic) bond motifs is 1. The van der Waals surface area contributed by atoms with Crippen molar-refractivity contribution in [3.8, 4) is 0 Å². The van der Waals surface area contributed by atoms with Gasteiger partial charge in [0.25, 0.3) is 5.91 Å². The lowest BCUT2D eigenvalue weighted by Gasteiger charge is -2.20. The molecule has 0 spiro atoms. The fourth-order valence-corrected chi connectivity index (χ4v) is 3.46. The van der Waals surface area contributed by atoms with E-state index in [-0.39, 0.29) is 19.0 Å². The van der Waals surface area contributed by atoms with E-state index >= 15 is 0 Å². The van der Waals surface area contributed by atoms with Crippen molar-refractivity contribution in [2.24, 2.45) is 5.73 Å². The Kier molecular flexibility index (Phi) is 6.65. The summed E-state index contributed by atoms with van der Waals surface area (Å²) >= 11 is 0. The first kappa shape index (κ1) is 22.1. The van der Waals surface area contributed by atoms with Crippen molar-refractivity contribution in [1.29, 1.82) is 0 Å². The van der Waals surface area contributed by atoms with Crippen molar-refractivity contribution >= 4 is 12.1 Å². The van der Waals surface area contributed by atoms with Crippen LogP contribution < -0.4 is 5.73 Å². The van der Waals surface area contributed by atoms with E-state index in [0.29, 0.717) is 6.54 Å². The molecule has 3 unspecified atom stereocenters. The summed E-state index contributed by atoms with van der Waals surface area (Å²) in [5.74, 6) is -0.905. The zero-order valence-corrected chi connectivity index (χ0v) is 17.7. The van der Waals surface area contributed by atoms with Gasteiger partial charge in [-0.3, -0.25) is 4.79 Å². The first-order valence-electron chi connectivity index (χ1n) is 10.1. The van der Waals surface area contributed by atoms with Crippen molar-refractivity contribution in [3.63, 3.8) is 0 Å². The lowest BCUT2D eigenvalue weighted by Crippen LogP contribution is -2.33. The van der Waals surface area contributed by atoms with Gasteiger partial charge in [0.15, 0.2) is 12.5 Å². The monoisotopic (exact) mass is 447 g/mol. The predicted molar refractivity (Wildman–Crippen MR) is 107 cm³/mol. The highest BCUT2D eigenvalue weighted by Crippen LogP contribution is 2.43. The van der Waals surface area contributed by atoms with Gasteiger partial charge < -0.3 is 34.3 Å². The minimum atomic E-state index is -0.800. The lowest BCUT2D eigenvalue weighted by atomic mass is 10.1. The Morgan fingerprint density at radius 3 is 2.56 bits per heavy atom. The number of hydrogen-bond donors (Lipinski definition) is 1. The number of primary amides is 1. The zero-order chi connectivity index (χ0) is 22.7. The highest BCUT2D eigenvalue weighted by molar-refractivity contribution is 5.88. The molecule has 4 rings (SSSR count). The second kappa shape index (κ2) is 9.61. The molecule has 1 aromatic carbocycles. The van der Waals surface area contributed by atoms with E-state index in [1.54, 1.807) is 0 Å². The van der Waals surface area contributed by atoms with Gasteiger partial charge in [-0.2, -0.15) is 0 Å². The molecule has 2 aromatic rings. The van der Waals surface area contributed by atoms with Gasteiger partial charge in [-0.05, 0) is 14.1 Å². The van der Waals surface area contributed by atoms with E-state index in [0.717, 1.165) is 5.56 Å². The minimum absolute atomic E-state index is 0.110. The fourth-order valence-electron chi connectivity index (χ4n) is 3.46.